The zero-order valence-corrected chi connectivity index (χ0v) is 12.2. The zero-order chi connectivity index (χ0) is 14.1. The van der Waals surface area contributed by atoms with E-state index in [1.54, 1.807) is 0 Å². The highest BCUT2D eigenvalue weighted by Crippen LogP contribution is 2.19. The van der Waals surface area contributed by atoms with Crippen molar-refractivity contribution in [2.24, 2.45) is 5.92 Å². The van der Waals surface area contributed by atoms with Crippen molar-refractivity contribution < 1.29 is 9.90 Å². The van der Waals surface area contributed by atoms with Crippen molar-refractivity contribution in [3.63, 3.8) is 0 Å². The van der Waals surface area contributed by atoms with Crippen LogP contribution in [0.25, 0.3) is 0 Å². The number of benzene rings is 1. The molecule has 0 fully saturated rings. The van der Waals surface area contributed by atoms with Crippen molar-refractivity contribution >= 4 is 5.97 Å². The standard InChI is InChI=1S/C17H26O2/c1-3-4-5-6-7-12-16(17(18)19)13-15-11-9-8-10-14(15)2/h8-11,16H,3-7,12-13H2,1-2H3,(H,18,19). The van der Waals surface area contributed by atoms with Gasteiger partial charge in [-0.2, -0.15) is 0 Å². The third kappa shape index (κ3) is 5.91. The first-order chi connectivity index (χ1) is 9.15. The minimum atomic E-state index is -0.654. The third-order valence-corrected chi connectivity index (χ3v) is 3.73. The van der Waals surface area contributed by atoms with E-state index in [9.17, 15) is 9.90 Å². The molecule has 0 aliphatic carbocycles. The Morgan fingerprint density at radius 2 is 1.84 bits per heavy atom. The predicted molar refractivity (Wildman–Crippen MR) is 79.4 cm³/mol. The molecule has 0 aliphatic heterocycles. The monoisotopic (exact) mass is 262 g/mol. The average molecular weight is 262 g/mol. The second-order valence-electron chi connectivity index (χ2n) is 5.37. The maximum atomic E-state index is 11.3. The summed E-state index contributed by atoms with van der Waals surface area (Å²) in [5.74, 6) is -0.888. The second kappa shape index (κ2) is 8.73. The zero-order valence-electron chi connectivity index (χ0n) is 12.2. The number of hydrogen-bond acceptors (Lipinski definition) is 1. The highest BCUT2D eigenvalue weighted by Gasteiger charge is 2.18. The Labute approximate surface area is 116 Å². The quantitative estimate of drug-likeness (QED) is 0.660. The molecule has 0 radical (unpaired) electrons. The van der Waals surface area contributed by atoms with Gasteiger partial charge in [-0.3, -0.25) is 4.79 Å². The summed E-state index contributed by atoms with van der Waals surface area (Å²) >= 11 is 0. The first-order valence-electron chi connectivity index (χ1n) is 7.42. The van der Waals surface area contributed by atoms with Crippen molar-refractivity contribution in [1.82, 2.24) is 0 Å². The van der Waals surface area contributed by atoms with Gasteiger partial charge in [0.25, 0.3) is 0 Å². The summed E-state index contributed by atoms with van der Waals surface area (Å²) < 4.78 is 0. The summed E-state index contributed by atoms with van der Waals surface area (Å²) in [4.78, 5) is 11.3. The first-order valence-corrected chi connectivity index (χ1v) is 7.42. The fraction of sp³-hybridized carbons (Fsp3) is 0.588. The molecule has 0 spiro atoms. The van der Waals surface area contributed by atoms with Crippen LogP contribution in [0.3, 0.4) is 0 Å². The van der Waals surface area contributed by atoms with Crippen LogP contribution in [-0.2, 0) is 11.2 Å². The van der Waals surface area contributed by atoms with Crippen LogP contribution in [0, 0.1) is 12.8 Å². The van der Waals surface area contributed by atoms with Gasteiger partial charge < -0.3 is 5.11 Å². The molecule has 1 rings (SSSR count). The predicted octanol–water partition coefficient (Wildman–Crippen LogP) is 4.60. The van der Waals surface area contributed by atoms with Crippen molar-refractivity contribution in [3.8, 4) is 0 Å². The molecule has 1 atom stereocenters. The van der Waals surface area contributed by atoms with E-state index in [0.717, 1.165) is 19.3 Å². The molecular formula is C17H26O2. The number of carbonyl (C=O) groups is 1. The molecule has 0 aliphatic rings. The lowest BCUT2D eigenvalue weighted by molar-refractivity contribution is -0.142. The number of unbranched alkanes of at least 4 members (excludes halogenated alkanes) is 4. The average Bonchev–Trinajstić information content (AvgIpc) is 2.39. The molecule has 1 unspecified atom stereocenters. The molecule has 0 bridgehead atoms. The fourth-order valence-corrected chi connectivity index (χ4v) is 2.41. The third-order valence-electron chi connectivity index (χ3n) is 3.73. The molecule has 106 valence electrons. The van der Waals surface area contributed by atoms with Crippen LogP contribution in [0.5, 0.6) is 0 Å². The largest absolute Gasteiger partial charge is 0.481 e. The number of aliphatic carboxylic acids is 1. The highest BCUT2D eigenvalue weighted by atomic mass is 16.4. The Morgan fingerprint density at radius 1 is 1.16 bits per heavy atom. The summed E-state index contributed by atoms with van der Waals surface area (Å²) in [7, 11) is 0. The highest BCUT2D eigenvalue weighted by molar-refractivity contribution is 5.70. The molecule has 1 N–H and O–H groups in total. The van der Waals surface area contributed by atoms with Gasteiger partial charge in [-0.05, 0) is 30.9 Å². The molecule has 1 aromatic rings. The summed E-state index contributed by atoms with van der Waals surface area (Å²) in [6, 6.07) is 8.08. The topological polar surface area (TPSA) is 37.3 Å². The van der Waals surface area contributed by atoms with Crippen LogP contribution >= 0.6 is 0 Å². The molecule has 2 heteroatoms. The lowest BCUT2D eigenvalue weighted by atomic mass is 9.91. The van der Waals surface area contributed by atoms with Gasteiger partial charge in [0.2, 0.25) is 0 Å². The molecule has 0 saturated heterocycles. The van der Waals surface area contributed by atoms with Gasteiger partial charge in [0.05, 0.1) is 5.92 Å². The van der Waals surface area contributed by atoms with Crippen LogP contribution in [0.4, 0.5) is 0 Å². The number of rotatable bonds is 9. The van der Waals surface area contributed by atoms with E-state index < -0.39 is 5.97 Å². The minimum absolute atomic E-state index is 0.234. The molecule has 19 heavy (non-hydrogen) atoms. The van der Waals surface area contributed by atoms with Crippen molar-refractivity contribution in [3.05, 3.63) is 35.4 Å². The van der Waals surface area contributed by atoms with Gasteiger partial charge in [0.15, 0.2) is 0 Å². The molecule has 1 aromatic carbocycles. The number of aryl methyl sites for hydroxylation is 1. The number of carboxylic acid groups (broad SMARTS) is 1. The van der Waals surface area contributed by atoms with E-state index in [4.69, 9.17) is 0 Å². The molecule has 0 saturated carbocycles. The van der Waals surface area contributed by atoms with Gasteiger partial charge in [-0.15, -0.1) is 0 Å². The normalized spacial score (nSPS) is 12.3. The summed E-state index contributed by atoms with van der Waals surface area (Å²) in [5.41, 5.74) is 2.36. The number of carboxylic acids is 1. The van der Waals surface area contributed by atoms with Crippen LogP contribution in [0.15, 0.2) is 24.3 Å². The van der Waals surface area contributed by atoms with Crippen LogP contribution in [0.1, 0.15) is 56.6 Å². The van der Waals surface area contributed by atoms with Gasteiger partial charge in [-0.1, -0.05) is 63.3 Å². The van der Waals surface area contributed by atoms with E-state index in [2.05, 4.69) is 19.9 Å². The Morgan fingerprint density at radius 3 is 2.47 bits per heavy atom. The van der Waals surface area contributed by atoms with Crippen LogP contribution in [-0.4, -0.2) is 11.1 Å². The Bertz CT molecular complexity index is 385. The molecule has 0 aromatic heterocycles. The lowest BCUT2D eigenvalue weighted by Crippen LogP contribution is -2.17. The first kappa shape index (κ1) is 15.7. The van der Waals surface area contributed by atoms with Crippen LogP contribution < -0.4 is 0 Å². The Balaban J connectivity index is 2.45. The fourth-order valence-electron chi connectivity index (χ4n) is 2.41. The van der Waals surface area contributed by atoms with Crippen molar-refractivity contribution in [2.45, 2.75) is 58.8 Å². The molecular weight excluding hydrogens is 236 g/mol. The van der Waals surface area contributed by atoms with Gasteiger partial charge in [0.1, 0.15) is 0 Å². The maximum absolute atomic E-state index is 11.3. The summed E-state index contributed by atoms with van der Waals surface area (Å²) in [5, 5.41) is 9.33. The van der Waals surface area contributed by atoms with Crippen molar-refractivity contribution in [1.29, 1.82) is 0 Å². The van der Waals surface area contributed by atoms with E-state index in [1.165, 1.54) is 30.4 Å². The second-order valence-corrected chi connectivity index (χ2v) is 5.37. The molecule has 2 nitrogen and oxygen atoms in total. The summed E-state index contributed by atoms with van der Waals surface area (Å²) in [6.45, 7) is 4.24. The SMILES string of the molecule is CCCCCCCC(Cc1ccccc1C)C(=O)O. The van der Waals surface area contributed by atoms with Gasteiger partial charge in [0, 0.05) is 0 Å². The van der Waals surface area contributed by atoms with Gasteiger partial charge >= 0.3 is 5.97 Å². The maximum Gasteiger partial charge on any atom is 0.306 e. The van der Waals surface area contributed by atoms with Gasteiger partial charge in [-0.25, -0.2) is 0 Å². The van der Waals surface area contributed by atoms with E-state index in [1.807, 2.05) is 18.2 Å². The summed E-state index contributed by atoms with van der Waals surface area (Å²) in [6.07, 6.45) is 7.37. The Kier molecular flexibility index (Phi) is 7.24. The lowest BCUT2D eigenvalue weighted by Gasteiger charge is -2.14. The molecule has 0 heterocycles. The Hall–Kier alpha value is -1.31. The van der Waals surface area contributed by atoms with E-state index in [-0.39, 0.29) is 5.92 Å². The van der Waals surface area contributed by atoms with Crippen molar-refractivity contribution in [2.75, 3.05) is 0 Å². The molecule has 0 amide bonds. The van der Waals surface area contributed by atoms with Crippen LogP contribution in [0.2, 0.25) is 0 Å². The minimum Gasteiger partial charge on any atom is -0.481 e. The van der Waals surface area contributed by atoms with E-state index >= 15 is 0 Å². The smallest absolute Gasteiger partial charge is 0.306 e. The van der Waals surface area contributed by atoms with E-state index in [0.29, 0.717) is 6.42 Å². The number of hydrogen-bond donors (Lipinski definition) is 1.